The number of ether oxygens (including phenoxy) is 1. The highest BCUT2D eigenvalue weighted by Gasteiger charge is 2.33. The molecule has 27 heavy (non-hydrogen) atoms. The monoisotopic (exact) mass is 401 g/mol. The smallest absolute Gasteiger partial charge is 0.309 e. The number of sulfonamides is 1. The fraction of sp³-hybridized carbons (Fsp3) is 0.438. The topological polar surface area (TPSA) is 103 Å². The molecule has 1 fully saturated rings. The average Bonchev–Trinajstić information content (AvgIpc) is 3.07. The minimum absolute atomic E-state index is 0.0702. The summed E-state index contributed by atoms with van der Waals surface area (Å²) < 4.78 is 62.5. The molecule has 8 nitrogen and oxygen atoms in total. The fourth-order valence-electron chi connectivity index (χ4n) is 2.77. The Morgan fingerprint density at radius 3 is 2.59 bits per heavy atom. The molecule has 0 bridgehead atoms. The van der Waals surface area contributed by atoms with Crippen molar-refractivity contribution in [3.63, 3.8) is 0 Å². The van der Waals surface area contributed by atoms with Crippen LogP contribution < -0.4 is 0 Å². The Morgan fingerprint density at radius 1 is 1.30 bits per heavy atom. The number of hydrogen-bond acceptors (Lipinski definition) is 7. The van der Waals surface area contributed by atoms with Crippen LogP contribution in [0, 0.1) is 24.5 Å². The molecule has 1 aliphatic heterocycles. The first-order valence-electron chi connectivity index (χ1n) is 8.18. The summed E-state index contributed by atoms with van der Waals surface area (Å²) in [5.74, 6) is -2.69. The van der Waals surface area contributed by atoms with E-state index in [9.17, 15) is 22.0 Å². The molecule has 11 heteroatoms. The first-order valence-corrected chi connectivity index (χ1v) is 9.62. The lowest BCUT2D eigenvalue weighted by atomic mass is 9.98. The van der Waals surface area contributed by atoms with Crippen LogP contribution in [0.4, 0.5) is 8.78 Å². The average molecular weight is 401 g/mol. The minimum Gasteiger partial charge on any atom is -0.455 e. The highest BCUT2D eigenvalue weighted by molar-refractivity contribution is 7.89. The van der Waals surface area contributed by atoms with E-state index in [2.05, 4.69) is 10.1 Å². The number of nitrogens with zero attached hydrogens (tertiary/aromatic N) is 3. The molecule has 1 aliphatic rings. The van der Waals surface area contributed by atoms with Crippen molar-refractivity contribution in [1.29, 1.82) is 0 Å². The molecule has 1 aromatic heterocycles. The van der Waals surface area contributed by atoms with Gasteiger partial charge in [-0.1, -0.05) is 5.16 Å². The van der Waals surface area contributed by atoms with Crippen molar-refractivity contribution in [3.8, 4) is 0 Å². The van der Waals surface area contributed by atoms with Crippen LogP contribution in [0.3, 0.4) is 0 Å². The summed E-state index contributed by atoms with van der Waals surface area (Å²) in [6, 6.07) is 2.43. The van der Waals surface area contributed by atoms with Gasteiger partial charge in [0.25, 0.3) is 5.89 Å². The van der Waals surface area contributed by atoms with Gasteiger partial charge < -0.3 is 9.26 Å². The van der Waals surface area contributed by atoms with Gasteiger partial charge in [-0.05, 0) is 38.0 Å². The second kappa shape index (κ2) is 7.69. The normalized spacial score (nSPS) is 16.4. The van der Waals surface area contributed by atoms with E-state index in [4.69, 9.17) is 9.26 Å². The van der Waals surface area contributed by atoms with Gasteiger partial charge in [-0.25, -0.2) is 17.2 Å². The summed E-state index contributed by atoms with van der Waals surface area (Å²) in [6.07, 6.45) is 0.509. The summed E-state index contributed by atoms with van der Waals surface area (Å²) in [4.78, 5) is 15.7. The predicted octanol–water partition coefficient (Wildman–Crippen LogP) is 1.80. The maximum Gasteiger partial charge on any atom is 0.309 e. The molecule has 0 N–H and O–H groups in total. The van der Waals surface area contributed by atoms with Gasteiger partial charge in [0.15, 0.2) is 24.1 Å². The molecule has 0 atom stereocenters. The molecule has 1 aromatic carbocycles. The third-order valence-corrected chi connectivity index (χ3v) is 6.12. The molecule has 146 valence electrons. The molecule has 3 rings (SSSR count). The Labute approximate surface area is 154 Å². The lowest BCUT2D eigenvalue weighted by Gasteiger charge is -2.30. The van der Waals surface area contributed by atoms with Gasteiger partial charge in [0.1, 0.15) is 0 Å². The van der Waals surface area contributed by atoms with Crippen molar-refractivity contribution in [2.75, 3.05) is 13.1 Å². The van der Waals surface area contributed by atoms with E-state index in [1.165, 1.54) is 0 Å². The van der Waals surface area contributed by atoms with Crippen molar-refractivity contribution in [2.24, 2.45) is 5.92 Å². The lowest BCUT2D eigenvalue weighted by Crippen LogP contribution is -2.40. The van der Waals surface area contributed by atoms with Gasteiger partial charge in [-0.15, -0.1) is 0 Å². The lowest BCUT2D eigenvalue weighted by molar-refractivity contribution is -0.152. The van der Waals surface area contributed by atoms with Crippen LogP contribution in [0.25, 0.3) is 0 Å². The molecule has 2 heterocycles. The molecule has 2 aromatic rings. The van der Waals surface area contributed by atoms with Crippen LogP contribution in [0.15, 0.2) is 27.6 Å². The van der Waals surface area contributed by atoms with Crippen molar-refractivity contribution in [3.05, 3.63) is 41.5 Å². The van der Waals surface area contributed by atoms with Crippen LogP contribution in [0.5, 0.6) is 0 Å². The first kappa shape index (κ1) is 19.4. The second-order valence-corrected chi connectivity index (χ2v) is 8.04. The second-order valence-electron chi connectivity index (χ2n) is 6.10. The maximum absolute atomic E-state index is 13.3. The van der Waals surface area contributed by atoms with Gasteiger partial charge in [-0.3, -0.25) is 4.79 Å². The third kappa shape index (κ3) is 4.30. The predicted molar refractivity (Wildman–Crippen MR) is 86.7 cm³/mol. The Bertz CT molecular complexity index is 939. The Morgan fingerprint density at radius 2 is 2.00 bits per heavy atom. The molecule has 0 unspecified atom stereocenters. The minimum atomic E-state index is -3.96. The number of rotatable bonds is 5. The van der Waals surface area contributed by atoms with Crippen LogP contribution in [-0.2, 0) is 26.2 Å². The maximum atomic E-state index is 13.3. The molecule has 0 spiro atoms. The Balaban J connectivity index is 1.57. The number of carbonyl (C=O) groups excluding carboxylic acids is 1. The molecular weight excluding hydrogens is 384 g/mol. The molecule has 0 radical (unpaired) electrons. The zero-order chi connectivity index (χ0) is 19.6. The van der Waals surface area contributed by atoms with E-state index in [1.807, 2.05) is 0 Å². The van der Waals surface area contributed by atoms with Crippen molar-refractivity contribution < 1.29 is 31.3 Å². The van der Waals surface area contributed by atoms with Crippen molar-refractivity contribution >= 4 is 16.0 Å². The number of piperidine rings is 1. The number of benzene rings is 1. The highest BCUT2D eigenvalue weighted by Crippen LogP contribution is 2.25. The van der Waals surface area contributed by atoms with Gasteiger partial charge in [-0.2, -0.15) is 9.29 Å². The summed E-state index contributed by atoms with van der Waals surface area (Å²) >= 11 is 0. The molecule has 0 saturated carbocycles. The van der Waals surface area contributed by atoms with Gasteiger partial charge in [0.05, 0.1) is 10.8 Å². The Hall–Kier alpha value is -2.40. The molecule has 0 aliphatic carbocycles. The number of aryl methyl sites for hydroxylation is 1. The standard InChI is InChI=1S/C16H17F2N3O5S/c1-10-19-15(26-20-10)9-25-16(22)11-4-6-21(7-5-11)27(23,24)12-2-3-13(17)14(18)8-12/h2-3,8,11H,4-7,9H2,1H3. The summed E-state index contributed by atoms with van der Waals surface area (Å²) in [5, 5.41) is 3.58. The van der Waals surface area contributed by atoms with E-state index >= 15 is 0 Å². The third-order valence-electron chi connectivity index (χ3n) is 4.22. The number of hydrogen-bond donors (Lipinski definition) is 0. The van der Waals surface area contributed by atoms with E-state index in [-0.39, 0.29) is 43.3 Å². The zero-order valence-corrected chi connectivity index (χ0v) is 15.2. The van der Waals surface area contributed by atoms with Crippen LogP contribution in [-0.4, -0.2) is 41.9 Å². The van der Waals surface area contributed by atoms with Crippen LogP contribution >= 0.6 is 0 Å². The Kier molecular flexibility index (Phi) is 5.51. The fourth-order valence-corrected chi connectivity index (χ4v) is 4.25. The largest absolute Gasteiger partial charge is 0.455 e. The number of carbonyl (C=O) groups is 1. The summed E-state index contributed by atoms with van der Waals surface area (Å²) in [6.45, 7) is 1.63. The van der Waals surface area contributed by atoms with E-state index < -0.39 is 33.5 Å². The summed E-state index contributed by atoms with van der Waals surface area (Å²) in [7, 11) is -3.96. The highest BCUT2D eigenvalue weighted by atomic mass is 32.2. The van der Waals surface area contributed by atoms with Crippen LogP contribution in [0.1, 0.15) is 24.6 Å². The SMILES string of the molecule is Cc1noc(COC(=O)C2CCN(S(=O)(=O)c3ccc(F)c(F)c3)CC2)n1. The zero-order valence-electron chi connectivity index (χ0n) is 14.4. The number of halogens is 2. The molecule has 0 amide bonds. The number of esters is 1. The van der Waals surface area contributed by atoms with E-state index in [0.29, 0.717) is 11.9 Å². The van der Waals surface area contributed by atoms with Crippen LogP contribution in [0.2, 0.25) is 0 Å². The van der Waals surface area contributed by atoms with E-state index in [0.717, 1.165) is 16.4 Å². The van der Waals surface area contributed by atoms with Gasteiger partial charge >= 0.3 is 5.97 Å². The van der Waals surface area contributed by atoms with Gasteiger partial charge in [0, 0.05) is 13.1 Å². The van der Waals surface area contributed by atoms with Gasteiger partial charge in [0.2, 0.25) is 10.0 Å². The van der Waals surface area contributed by atoms with Crippen molar-refractivity contribution in [2.45, 2.75) is 31.3 Å². The molecular formula is C16H17F2N3O5S. The first-order chi connectivity index (χ1) is 12.8. The van der Waals surface area contributed by atoms with Crippen molar-refractivity contribution in [1.82, 2.24) is 14.4 Å². The molecule has 1 saturated heterocycles. The quantitative estimate of drug-likeness (QED) is 0.704. The summed E-state index contributed by atoms with van der Waals surface area (Å²) in [5.41, 5.74) is 0. The van der Waals surface area contributed by atoms with E-state index in [1.54, 1.807) is 6.92 Å². The number of aromatic nitrogens is 2.